The van der Waals surface area contributed by atoms with Crippen molar-refractivity contribution in [3.63, 3.8) is 0 Å². The van der Waals surface area contributed by atoms with E-state index in [0.717, 1.165) is 11.3 Å². The number of carboxylic acid groups (broad SMARTS) is 1. The molecule has 0 heterocycles. The van der Waals surface area contributed by atoms with Gasteiger partial charge in [-0.2, -0.15) is 0 Å². The molecule has 0 radical (unpaired) electrons. The molecule has 0 aliphatic carbocycles. The molecule has 0 aliphatic heterocycles. The van der Waals surface area contributed by atoms with Gasteiger partial charge in [-0.15, -0.1) is 0 Å². The van der Waals surface area contributed by atoms with E-state index < -0.39 is 17.8 Å². The Balaban J connectivity index is 2.49. The molecule has 6 heteroatoms. The number of hydrogen-bond acceptors (Lipinski definition) is 3. The molecule has 2 rings (SSSR count). The second kappa shape index (κ2) is 7.57. The van der Waals surface area contributed by atoms with E-state index >= 15 is 0 Å². The number of hydrogen-bond donors (Lipinski definition) is 2. The number of anilines is 1. The fourth-order valence-corrected chi connectivity index (χ4v) is 3.19. The van der Waals surface area contributed by atoms with Crippen molar-refractivity contribution in [1.29, 1.82) is 0 Å². The molecule has 0 bridgehead atoms. The molecule has 0 aromatic heterocycles. The van der Waals surface area contributed by atoms with Crippen molar-refractivity contribution < 1.29 is 14.7 Å². The minimum Gasteiger partial charge on any atom is -0.478 e. The second-order valence-corrected chi connectivity index (χ2v) is 6.63. The number of benzene rings is 2. The Bertz CT molecular complexity index is 788. The molecule has 132 valence electrons. The third kappa shape index (κ3) is 4.12. The van der Waals surface area contributed by atoms with E-state index in [9.17, 15) is 9.59 Å². The number of rotatable bonds is 6. The summed E-state index contributed by atoms with van der Waals surface area (Å²) in [6.07, 6.45) is 0. The molecule has 2 unspecified atom stereocenters. The summed E-state index contributed by atoms with van der Waals surface area (Å²) in [5, 5.41) is 9.61. The van der Waals surface area contributed by atoms with Gasteiger partial charge in [0.2, 0.25) is 5.91 Å². The summed E-state index contributed by atoms with van der Waals surface area (Å²) in [6, 6.07) is 11.8. The molecule has 25 heavy (non-hydrogen) atoms. The van der Waals surface area contributed by atoms with Crippen molar-refractivity contribution in [2.24, 2.45) is 5.73 Å². The first-order valence-corrected chi connectivity index (χ1v) is 8.19. The Morgan fingerprint density at radius 1 is 1.12 bits per heavy atom. The standard InChI is InChI=1S/C19H21ClN2O3/c1-11(15-10-14(20)8-9-16(15)22(2)3)17(18(21)23)12-4-6-13(7-5-12)19(24)25/h4-11,17H,1-3H3,(H2,21,23)(H,24,25). The first-order chi connectivity index (χ1) is 11.7. The Labute approximate surface area is 152 Å². The Hall–Kier alpha value is -2.53. The Morgan fingerprint density at radius 3 is 2.20 bits per heavy atom. The van der Waals surface area contributed by atoms with Crippen LogP contribution in [0.4, 0.5) is 5.69 Å². The molecule has 0 saturated carbocycles. The second-order valence-electron chi connectivity index (χ2n) is 6.19. The van der Waals surface area contributed by atoms with E-state index in [0.29, 0.717) is 10.6 Å². The van der Waals surface area contributed by atoms with Gasteiger partial charge in [0.1, 0.15) is 0 Å². The van der Waals surface area contributed by atoms with Gasteiger partial charge in [0.25, 0.3) is 0 Å². The number of halogens is 1. The number of carboxylic acids is 1. The highest BCUT2D eigenvalue weighted by Crippen LogP contribution is 2.38. The summed E-state index contributed by atoms with van der Waals surface area (Å²) in [5.41, 5.74) is 8.36. The van der Waals surface area contributed by atoms with Crippen LogP contribution in [0.3, 0.4) is 0 Å². The van der Waals surface area contributed by atoms with Crippen LogP contribution in [-0.2, 0) is 4.79 Å². The molecule has 2 atom stereocenters. The molecule has 0 saturated heterocycles. The van der Waals surface area contributed by atoms with Gasteiger partial charge < -0.3 is 15.7 Å². The van der Waals surface area contributed by atoms with Crippen molar-refractivity contribution in [1.82, 2.24) is 0 Å². The summed E-state index contributed by atoms with van der Waals surface area (Å²) in [6.45, 7) is 1.92. The zero-order chi connectivity index (χ0) is 18.7. The lowest BCUT2D eigenvalue weighted by molar-refractivity contribution is -0.119. The molecule has 0 fully saturated rings. The van der Waals surface area contributed by atoms with Crippen molar-refractivity contribution >= 4 is 29.2 Å². The van der Waals surface area contributed by atoms with Gasteiger partial charge in [0, 0.05) is 24.8 Å². The number of carbonyl (C=O) groups is 2. The number of primary amides is 1. The number of nitrogens with zero attached hydrogens (tertiary/aromatic N) is 1. The number of carbonyl (C=O) groups excluding carboxylic acids is 1. The van der Waals surface area contributed by atoms with Crippen LogP contribution in [0.15, 0.2) is 42.5 Å². The van der Waals surface area contributed by atoms with E-state index in [1.165, 1.54) is 12.1 Å². The van der Waals surface area contributed by atoms with Gasteiger partial charge in [-0.1, -0.05) is 30.7 Å². The quantitative estimate of drug-likeness (QED) is 0.826. The smallest absolute Gasteiger partial charge is 0.335 e. The first-order valence-electron chi connectivity index (χ1n) is 7.81. The summed E-state index contributed by atoms with van der Waals surface area (Å²) in [4.78, 5) is 25.1. The molecule has 5 nitrogen and oxygen atoms in total. The van der Waals surface area contributed by atoms with E-state index in [1.807, 2.05) is 38.1 Å². The van der Waals surface area contributed by atoms with Gasteiger partial charge >= 0.3 is 5.97 Å². The van der Waals surface area contributed by atoms with E-state index in [1.54, 1.807) is 18.2 Å². The molecule has 2 aromatic rings. The summed E-state index contributed by atoms with van der Waals surface area (Å²) < 4.78 is 0. The lowest BCUT2D eigenvalue weighted by atomic mass is 9.81. The van der Waals surface area contributed by atoms with Crippen LogP contribution in [-0.4, -0.2) is 31.1 Å². The third-order valence-electron chi connectivity index (χ3n) is 4.29. The number of amides is 1. The number of nitrogens with two attached hydrogens (primary N) is 1. The van der Waals surface area contributed by atoms with Gasteiger partial charge in [0.05, 0.1) is 11.5 Å². The SMILES string of the molecule is CC(c1cc(Cl)ccc1N(C)C)C(C(N)=O)c1ccc(C(=O)O)cc1. The predicted molar refractivity (Wildman–Crippen MR) is 99.5 cm³/mol. The van der Waals surface area contributed by atoms with Crippen LogP contribution >= 0.6 is 11.6 Å². The molecule has 0 aliphatic rings. The van der Waals surface area contributed by atoms with E-state index in [4.69, 9.17) is 22.4 Å². The molecular weight excluding hydrogens is 340 g/mol. The maximum atomic E-state index is 12.2. The van der Waals surface area contributed by atoms with Gasteiger partial charge in [-0.25, -0.2) is 4.79 Å². The molecule has 3 N–H and O–H groups in total. The van der Waals surface area contributed by atoms with E-state index in [-0.39, 0.29) is 11.5 Å². The van der Waals surface area contributed by atoms with Crippen LogP contribution in [0, 0.1) is 0 Å². The molecule has 1 amide bonds. The lowest BCUT2D eigenvalue weighted by Gasteiger charge is -2.27. The van der Waals surface area contributed by atoms with Crippen LogP contribution < -0.4 is 10.6 Å². The average molecular weight is 361 g/mol. The largest absolute Gasteiger partial charge is 0.478 e. The van der Waals surface area contributed by atoms with Gasteiger partial charge in [-0.05, 0) is 47.4 Å². The third-order valence-corrected chi connectivity index (χ3v) is 4.52. The zero-order valence-electron chi connectivity index (χ0n) is 14.4. The summed E-state index contributed by atoms with van der Waals surface area (Å²) in [7, 11) is 3.83. The predicted octanol–water partition coefficient (Wildman–Crippen LogP) is 3.48. The topological polar surface area (TPSA) is 83.6 Å². The number of aromatic carboxylic acids is 1. The fraction of sp³-hybridized carbons (Fsp3) is 0.263. The highest BCUT2D eigenvalue weighted by molar-refractivity contribution is 6.30. The highest BCUT2D eigenvalue weighted by atomic mass is 35.5. The minimum atomic E-state index is -1.01. The van der Waals surface area contributed by atoms with Gasteiger partial charge in [-0.3, -0.25) is 4.79 Å². The lowest BCUT2D eigenvalue weighted by Crippen LogP contribution is -2.27. The Morgan fingerprint density at radius 2 is 1.72 bits per heavy atom. The van der Waals surface area contributed by atoms with Crippen molar-refractivity contribution in [2.45, 2.75) is 18.8 Å². The van der Waals surface area contributed by atoms with Crippen LogP contribution in [0.5, 0.6) is 0 Å². The minimum absolute atomic E-state index is 0.163. The highest BCUT2D eigenvalue weighted by Gasteiger charge is 2.28. The normalized spacial score (nSPS) is 13.1. The first kappa shape index (κ1) is 18.8. The van der Waals surface area contributed by atoms with Crippen molar-refractivity contribution in [3.8, 4) is 0 Å². The van der Waals surface area contributed by atoms with Crippen LogP contribution in [0.25, 0.3) is 0 Å². The van der Waals surface area contributed by atoms with Crippen molar-refractivity contribution in [2.75, 3.05) is 19.0 Å². The molecular formula is C19H21ClN2O3. The molecule has 0 spiro atoms. The summed E-state index contributed by atoms with van der Waals surface area (Å²) in [5.74, 6) is -2.32. The maximum absolute atomic E-state index is 12.2. The zero-order valence-corrected chi connectivity index (χ0v) is 15.1. The average Bonchev–Trinajstić information content (AvgIpc) is 2.54. The molecule has 2 aromatic carbocycles. The van der Waals surface area contributed by atoms with Gasteiger partial charge in [0.15, 0.2) is 0 Å². The van der Waals surface area contributed by atoms with Crippen LogP contribution in [0.1, 0.15) is 40.2 Å². The Kier molecular flexibility index (Phi) is 5.69. The van der Waals surface area contributed by atoms with E-state index in [2.05, 4.69) is 0 Å². The summed E-state index contributed by atoms with van der Waals surface area (Å²) >= 11 is 6.15. The van der Waals surface area contributed by atoms with Crippen LogP contribution in [0.2, 0.25) is 5.02 Å². The maximum Gasteiger partial charge on any atom is 0.335 e. The van der Waals surface area contributed by atoms with Crippen molar-refractivity contribution in [3.05, 3.63) is 64.2 Å². The monoisotopic (exact) mass is 360 g/mol. The fourth-order valence-electron chi connectivity index (χ4n) is 3.01.